The van der Waals surface area contributed by atoms with E-state index in [1.54, 1.807) is 0 Å². The lowest BCUT2D eigenvalue weighted by Gasteiger charge is -2.25. The maximum Gasteiger partial charge on any atom is 0.177 e. The number of nitrogens with zero attached hydrogens (tertiary/aromatic N) is 1. The van der Waals surface area contributed by atoms with Gasteiger partial charge < -0.3 is 20.1 Å². The minimum absolute atomic E-state index is 0.00929. The number of benzene rings is 2. The summed E-state index contributed by atoms with van der Waals surface area (Å²) in [6, 6.07) is 9.69. The molecule has 0 saturated carbocycles. The van der Waals surface area contributed by atoms with E-state index in [-0.39, 0.29) is 5.75 Å². The molecule has 1 heterocycles. The highest BCUT2D eigenvalue weighted by molar-refractivity contribution is 7.80. The number of phenolic OH excluding ortho intramolecular Hbond substituents is 1. The summed E-state index contributed by atoms with van der Waals surface area (Å²) in [4.78, 5) is 2.13. The third-order valence-corrected chi connectivity index (χ3v) is 5.79. The van der Waals surface area contributed by atoms with E-state index in [4.69, 9.17) is 40.2 Å². The van der Waals surface area contributed by atoms with Gasteiger partial charge in [-0.3, -0.25) is 0 Å². The first-order valence-corrected chi connectivity index (χ1v) is 10.0. The average Bonchev–Trinajstić information content (AvgIpc) is 2.89. The standard InChI is InChI=1S/C20H22Cl2N2O2S/c1-26-17-11-14-12-24(10-2-3-16(14)18(22)19(17)25)20(27)23-9-8-13-4-6-15(21)7-5-13/h4-7,11,25H,2-3,8-10,12H2,1H3,(H,23,27). The van der Waals surface area contributed by atoms with E-state index in [0.29, 0.717) is 17.3 Å². The van der Waals surface area contributed by atoms with Gasteiger partial charge in [0.15, 0.2) is 16.6 Å². The monoisotopic (exact) mass is 424 g/mol. The molecule has 3 rings (SSSR count). The summed E-state index contributed by atoms with van der Waals surface area (Å²) in [5.74, 6) is 0.400. The van der Waals surface area contributed by atoms with E-state index in [1.165, 1.54) is 12.7 Å². The molecule has 2 aromatic carbocycles. The van der Waals surface area contributed by atoms with Gasteiger partial charge in [-0.25, -0.2) is 0 Å². The third kappa shape index (κ3) is 4.78. The molecule has 144 valence electrons. The minimum atomic E-state index is 0.00929. The van der Waals surface area contributed by atoms with Crippen LogP contribution >= 0.6 is 35.4 Å². The predicted molar refractivity (Wildman–Crippen MR) is 114 cm³/mol. The first-order valence-electron chi connectivity index (χ1n) is 8.84. The second-order valence-corrected chi connectivity index (χ2v) is 7.71. The lowest BCUT2D eigenvalue weighted by atomic mass is 10.0. The lowest BCUT2D eigenvalue weighted by molar-refractivity contribution is 0.371. The Morgan fingerprint density at radius 1 is 1.30 bits per heavy atom. The number of aromatic hydroxyl groups is 1. The smallest absolute Gasteiger partial charge is 0.177 e. The molecule has 0 aromatic heterocycles. The Kier molecular flexibility index (Phi) is 6.68. The Labute approximate surface area is 175 Å². The Hall–Kier alpha value is -1.69. The molecule has 0 radical (unpaired) electrons. The fourth-order valence-electron chi connectivity index (χ4n) is 3.25. The van der Waals surface area contributed by atoms with Crippen molar-refractivity contribution in [1.29, 1.82) is 0 Å². The van der Waals surface area contributed by atoms with Gasteiger partial charge in [0.2, 0.25) is 0 Å². The molecule has 4 nitrogen and oxygen atoms in total. The molecule has 0 atom stereocenters. The molecule has 1 aliphatic heterocycles. The maximum absolute atomic E-state index is 10.1. The summed E-state index contributed by atoms with van der Waals surface area (Å²) in [6.45, 7) is 2.23. The van der Waals surface area contributed by atoms with Gasteiger partial charge in [0.05, 0.1) is 12.1 Å². The maximum atomic E-state index is 10.1. The van der Waals surface area contributed by atoms with Gasteiger partial charge in [-0.2, -0.15) is 0 Å². The number of nitrogens with one attached hydrogen (secondary N) is 1. The van der Waals surface area contributed by atoms with E-state index < -0.39 is 0 Å². The van der Waals surface area contributed by atoms with Crippen LogP contribution in [0.3, 0.4) is 0 Å². The van der Waals surface area contributed by atoms with Gasteiger partial charge in [0.1, 0.15) is 0 Å². The molecule has 27 heavy (non-hydrogen) atoms. The molecule has 0 saturated heterocycles. The van der Waals surface area contributed by atoms with Crippen LogP contribution in [-0.2, 0) is 19.4 Å². The molecule has 7 heteroatoms. The molecule has 2 N–H and O–H groups in total. The van der Waals surface area contributed by atoms with Gasteiger partial charge in [-0.15, -0.1) is 0 Å². The Morgan fingerprint density at radius 2 is 2.04 bits per heavy atom. The van der Waals surface area contributed by atoms with Crippen molar-refractivity contribution in [3.05, 3.63) is 57.1 Å². The fourth-order valence-corrected chi connectivity index (χ4v) is 3.95. The largest absolute Gasteiger partial charge is 0.503 e. The Bertz CT molecular complexity index is 828. The molecule has 0 bridgehead atoms. The Morgan fingerprint density at radius 3 is 2.74 bits per heavy atom. The minimum Gasteiger partial charge on any atom is -0.503 e. The van der Waals surface area contributed by atoms with Gasteiger partial charge in [0.25, 0.3) is 0 Å². The van der Waals surface area contributed by atoms with Crippen molar-refractivity contribution in [2.24, 2.45) is 0 Å². The molecular weight excluding hydrogens is 403 g/mol. The quantitative estimate of drug-likeness (QED) is 0.703. The lowest BCUT2D eigenvalue weighted by Crippen LogP contribution is -2.40. The number of methoxy groups -OCH3 is 1. The zero-order valence-corrected chi connectivity index (χ0v) is 17.4. The highest BCUT2D eigenvalue weighted by atomic mass is 35.5. The van der Waals surface area contributed by atoms with Crippen LogP contribution in [0.2, 0.25) is 10.0 Å². The van der Waals surface area contributed by atoms with E-state index in [2.05, 4.69) is 10.2 Å². The zero-order valence-electron chi connectivity index (χ0n) is 15.1. The van der Waals surface area contributed by atoms with Crippen LogP contribution in [0.25, 0.3) is 0 Å². The van der Waals surface area contributed by atoms with E-state index in [9.17, 15) is 5.11 Å². The molecule has 0 fully saturated rings. The number of hydrogen-bond acceptors (Lipinski definition) is 3. The summed E-state index contributed by atoms with van der Waals surface area (Å²) >= 11 is 17.9. The first kappa shape index (κ1) is 20.1. The summed E-state index contributed by atoms with van der Waals surface area (Å²) in [7, 11) is 1.52. The van der Waals surface area contributed by atoms with E-state index in [0.717, 1.165) is 53.6 Å². The SMILES string of the molecule is COc1cc2c(c(Cl)c1O)CCCN(C(=S)NCCc1ccc(Cl)cc1)C2. The topological polar surface area (TPSA) is 44.7 Å². The molecule has 0 aliphatic carbocycles. The van der Waals surface area contributed by atoms with Crippen molar-refractivity contribution in [2.75, 3.05) is 20.2 Å². The molecule has 0 amide bonds. The fraction of sp³-hybridized carbons (Fsp3) is 0.350. The van der Waals surface area contributed by atoms with Crippen LogP contribution in [0.4, 0.5) is 0 Å². The van der Waals surface area contributed by atoms with Gasteiger partial charge in [0, 0.05) is 24.7 Å². The number of hydrogen-bond donors (Lipinski definition) is 2. The molecule has 0 spiro atoms. The number of phenols is 1. The van der Waals surface area contributed by atoms with Crippen molar-refractivity contribution in [1.82, 2.24) is 10.2 Å². The molecule has 2 aromatic rings. The molecule has 0 unspecified atom stereocenters. The second kappa shape index (κ2) is 9.00. The highest BCUT2D eigenvalue weighted by Gasteiger charge is 2.22. The Balaban J connectivity index is 1.64. The average molecular weight is 425 g/mol. The van der Waals surface area contributed by atoms with Crippen LogP contribution < -0.4 is 10.1 Å². The van der Waals surface area contributed by atoms with Crippen molar-refractivity contribution < 1.29 is 9.84 Å². The third-order valence-electron chi connectivity index (χ3n) is 4.73. The van der Waals surface area contributed by atoms with Crippen molar-refractivity contribution in [3.8, 4) is 11.5 Å². The summed E-state index contributed by atoms with van der Waals surface area (Å²) < 4.78 is 5.24. The zero-order chi connectivity index (χ0) is 19.4. The summed E-state index contributed by atoms with van der Waals surface area (Å²) in [5, 5.41) is 15.3. The van der Waals surface area contributed by atoms with Crippen LogP contribution in [0.15, 0.2) is 30.3 Å². The first-order chi connectivity index (χ1) is 13.0. The number of fused-ring (bicyclic) bond motifs is 1. The number of halogens is 2. The second-order valence-electron chi connectivity index (χ2n) is 6.51. The van der Waals surface area contributed by atoms with Crippen molar-refractivity contribution in [2.45, 2.75) is 25.8 Å². The summed E-state index contributed by atoms with van der Waals surface area (Å²) in [6.07, 6.45) is 2.59. The van der Waals surface area contributed by atoms with Crippen LogP contribution in [0.1, 0.15) is 23.1 Å². The van der Waals surface area contributed by atoms with Crippen molar-refractivity contribution in [3.63, 3.8) is 0 Å². The van der Waals surface area contributed by atoms with Gasteiger partial charge in [-0.05, 0) is 66.4 Å². The number of thiocarbonyl (C=S) groups is 1. The normalized spacial score (nSPS) is 13.7. The van der Waals surface area contributed by atoms with Crippen LogP contribution in [0.5, 0.6) is 11.5 Å². The van der Waals surface area contributed by atoms with Gasteiger partial charge in [-0.1, -0.05) is 35.3 Å². The van der Waals surface area contributed by atoms with Crippen LogP contribution in [-0.4, -0.2) is 35.3 Å². The van der Waals surface area contributed by atoms with Crippen molar-refractivity contribution >= 4 is 40.5 Å². The van der Waals surface area contributed by atoms with E-state index >= 15 is 0 Å². The number of ether oxygens (including phenoxy) is 1. The predicted octanol–water partition coefficient (Wildman–Crippen LogP) is 4.57. The van der Waals surface area contributed by atoms with Gasteiger partial charge >= 0.3 is 0 Å². The number of rotatable bonds is 4. The molecular formula is C20H22Cl2N2O2S. The van der Waals surface area contributed by atoms with Crippen LogP contribution in [0, 0.1) is 0 Å². The summed E-state index contributed by atoms with van der Waals surface area (Å²) in [5.41, 5.74) is 3.22. The molecule has 1 aliphatic rings. The van der Waals surface area contributed by atoms with E-state index in [1.807, 2.05) is 30.3 Å². The highest BCUT2D eigenvalue weighted by Crippen LogP contribution is 2.40.